The largest absolute Gasteiger partial charge is 0.341 e. The minimum Gasteiger partial charge on any atom is -0.341 e. The lowest BCUT2D eigenvalue weighted by Crippen LogP contribution is -2.54. The van der Waals surface area contributed by atoms with Gasteiger partial charge in [-0.05, 0) is 36.3 Å². The van der Waals surface area contributed by atoms with Gasteiger partial charge in [-0.3, -0.25) is 9.69 Å². The fourth-order valence-corrected chi connectivity index (χ4v) is 4.04. The van der Waals surface area contributed by atoms with Crippen LogP contribution >= 0.6 is 0 Å². The number of amides is 1. The molecular weight excluding hydrogens is 310 g/mol. The van der Waals surface area contributed by atoms with Crippen LogP contribution in [0.1, 0.15) is 63.1 Å². The van der Waals surface area contributed by atoms with Gasteiger partial charge in [0, 0.05) is 38.8 Å². The molecular formula is C21H33N3O. The topological polar surface area (TPSA) is 35.6 Å². The molecule has 1 N–H and O–H groups in total. The first-order valence-corrected chi connectivity index (χ1v) is 9.96. The van der Waals surface area contributed by atoms with Crippen LogP contribution in [-0.2, 0) is 4.79 Å². The Labute approximate surface area is 152 Å². The zero-order chi connectivity index (χ0) is 17.8. The molecule has 0 radical (unpaired) electrons. The summed E-state index contributed by atoms with van der Waals surface area (Å²) < 4.78 is 0. The molecule has 2 aliphatic heterocycles. The summed E-state index contributed by atoms with van der Waals surface area (Å²) in [5, 5.41) is 3.57. The van der Waals surface area contributed by atoms with Gasteiger partial charge in [0.1, 0.15) is 6.04 Å². The van der Waals surface area contributed by atoms with Crippen molar-refractivity contribution in [1.29, 1.82) is 0 Å². The summed E-state index contributed by atoms with van der Waals surface area (Å²) in [7, 11) is 0. The predicted molar refractivity (Wildman–Crippen MR) is 103 cm³/mol. The van der Waals surface area contributed by atoms with E-state index in [0.29, 0.717) is 17.9 Å². The van der Waals surface area contributed by atoms with E-state index in [2.05, 4.69) is 60.2 Å². The summed E-state index contributed by atoms with van der Waals surface area (Å²) in [6.45, 7) is 11.3. The van der Waals surface area contributed by atoms with Crippen molar-refractivity contribution in [3.05, 3.63) is 35.4 Å². The Hall–Kier alpha value is -1.39. The van der Waals surface area contributed by atoms with Crippen molar-refractivity contribution in [2.45, 2.75) is 58.0 Å². The molecule has 0 aliphatic carbocycles. The Morgan fingerprint density at radius 1 is 1.12 bits per heavy atom. The van der Waals surface area contributed by atoms with Gasteiger partial charge >= 0.3 is 0 Å². The van der Waals surface area contributed by atoms with Gasteiger partial charge in [-0.1, -0.05) is 45.0 Å². The molecule has 25 heavy (non-hydrogen) atoms. The average molecular weight is 344 g/mol. The second-order valence-corrected chi connectivity index (χ2v) is 7.81. The zero-order valence-electron chi connectivity index (χ0n) is 16.0. The Morgan fingerprint density at radius 3 is 2.36 bits per heavy atom. The highest BCUT2D eigenvalue weighted by Crippen LogP contribution is 2.28. The van der Waals surface area contributed by atoms with E-state index in [9.17, 15) is 4.79 Å². The fraction of sp³-hybridized carbons (Fsp3) is 0.667. The van der Waals surface area contributed by atoms with E-state index in [-0.39, 0.29) is 6.04 Å². The molecule has 0 aromatic heterocycles. The number of piperazine rings is 1. The summed E-state index contributed by atoms with van der Waals surface area (Å²) in [4.78, 5) is 17.8. The maximum Gasteiger partial charge on any atom is 0.244 e. The molecule has 4 heteroatoms. The SMILES string of the molecule is CCC1CN(C(C(=O)N2CCCC2)c2ccc(C(C)C)cc2)CCN1. The third kappa shape index (κ3) is 4.24. The molecule has 2 aliphatic rings. The minimum absolute atomic E-state index is 0.129. The van der Waals surface area contributed by atoms with Gasteiger partial charge in [-0.2, -0.15) is 0 Å². The molecule has 2 fully saturated rings. The van der Waals surface area contributed by atoms with Crippen molar-refractivity contribution in [2.75, 3.05) is 32.7 Å². The van der Waals surface area contributed by atoms with E-state index < -0.39 is 0 Å². The number of likely N-dealkylation sites (tertiary alicyclic amines) is 1. The van der Waals surface area contributed by atoms with Gasteiger partial charge in [-0.15, -0.1) is 0 Å². The van der Waals surface area contributed by atoms with Crippen LogP contribution in [0, 0.1) is 0 Å². The van der Waals surface area contributed by atoms with E-state index in [1.54, 1.807) is 0 Å². The van der Waals surface area contributed by atoms with Gasteiger partial charge in [0.2, 0.25) is 5.91 Å². The lowest BCUT2D eigenvalue weighted by atomic mass is 9.96. The Bertz CT molecular complexity index is 563. The van der Waals surface area contributed by atoms with Crippen LogP contribution in [0.4, 0.5) is 0 Å². The van der Waals surface area contributed by atoms with Crippen LogP contribution in [0.25, 0.3) is 0 Å². The van der Waals surface area contributed by atoms with Crippen molar-refractivity contribution in [3.63, 3.8) is 0 Å². The number of benzene rings is 1. The molecule has 0 saturated carbocycles. The van der Waals surface area contributed by atoms with Gasteiger partial charge < -0.3 is 10.2 Å². The number of rotatable bonds is 5. The lowest BCUT2D eigenvalue weighted by molar-refractivity contribution is -0.136. The monoisotopic (exact) mass is 343 g/mol. The van der Waals surface area contributed by atoms with Crippen LogP contribution in [-0.4, -0.2) is 54.5 Å². The average Bonchev–Trinajstić information content (AvgIpc) is 3.17. The predicted octanol–water partition coefficient (Wildman–Crippen LogP) is 3.16. The van der Waals surface area contributed by atoms with E-state index in [1.165, 1.54) is 5.56 Å². The van der Waals surface area contributed by atoms with Crippen molar-refractivity contribution < 1.29 is 4.79 Å². The molecule has 4 nitrogen and oxygen atoms in total. The van der Waals surface area contributed by atoms with Crippen LogP contribution in [0.2, 0.25) is 0 Å². The first-order chi connectivity index (χ1) is 12.1. The molecule has 138 valence electrons. The fourth-order valence-electron chi connectivity index (χ4n) is 4.04. The van der Waals surface area contributed by atoms with Gasteiger partial charge in [-0.25, -0.2) is 0 Å². The minimum atomic E-state index is -0.129. The summed E-state index contributed by atoms with van der Waals surface area (Å²) in [5.41, 5.74) is 2.49. The second-order valence-electron chi connectivity index (χ2n) is 7.81. The van der Waals surface area contributed by atoms with Crippen LogP contribution in [0.5, 0.6) is 0 Å². The van der Waals surface area contributed by atoms with Gasteiger partial charge in [0.25, 0.3) is 0 Å². The van der Waals surface area contributed by atoms with Crippen LogP contribution in [0.3, 0.4) is 0 Å². The molecule has 2 unspecified atom stereocenters. The second kappa shape index (κ2) is 8.33. The standard InChI is InChI=1S/C21H33N3O/c1-4-19-15-24(14-11-22-19)20(21(25)23-12-5-6-13-23)18-9-7-17(8-10-18)16(2)3/h7-10,16,19-20,22H,4-6,11-15H2,1-3H3. The number of carbonyl (C=O) groups is 1. The third-order valence-electron chi connectivity index (χ3n) is 5.72. The summed E-state index contributed by atoms with van der Waals surface area (Å²) in [6.07, 6.45) is 3.39. The van der Waals surface area contributed by atoms with Crippen molar-refractivity contribution in [2.24, 2.45) is 0 Å². The van der Waals surface area contributed by atoms with Crippen molar-refractivity contribution in [1.82, 2.24) is 15.1 Å². The zero-order valence-corrected chi connectivity index (χ0v) is 16.0. The van der Waals surface area contributed by atoms with E-state index in [1.807, 2.05) is 0 Å². The highest BCUT2D eigenvalue weighted by atomic mass is 16.2. The molecule has 0 spiro atoms. The smallest absolute Gasteiger partial charge is 0.244 e. The highest BCUT2D eigenvalue weighted by molar-refractivity contribution is 5.83. The Morgan fingerprint density at radius 2 is 1.76 bits per heavy atom. The molecule has 1 aromatic rings. The molecule has 0 bridgehead atoms. The molecule has 1 amide bonds. The first kappa shape index (κ1) is 18.4. The maximum absolute atomic E-state index is 13.3. The van der Waals surface area contributed by atoms with E-state index in [0.717, 1.165) is 57.5 Å². The molecule has 2 saturated heterocycles. The van der Waals surface area contributed by atoms with Crippen LogP contribution < -0.4 is 5.32 Å². The van der Waals surface area contributed by atoms with Crippen molar-refractivity contribution >= 4 is 5.91 Å². The lowest BCUT2D eigenvalue weighted by Gasteiger charge is -2.39. The highest BCUT2D eigenvalue weighted by Gasteiger charge is 2.34. The van der Waals surface area contributed by atoms with E-state index >= 15 is 0 Å². The maximum atomic E-state index is 13.3. The van der Waals surface area contributed by atoms with E-state index in [4.69, 9.17) is 0 Å². The first-order valence-electron chi connectivity index (χ1n) is 9.96. The van der Waals surface area contributed by atoms with Crippen LogP contribution in [0.15, 0.2) is 24.3 Å². The summed E-state index contributed by atoms with van der Waals surface area (Å²) in [5.74, 6) is 0.817. The Balaban J connectivity index is 1.86. The molecule has 2 atom stereocenters. The normalized spacial score (nSPS) is 23.2. The quantitative estimate of drug-likeness (QED) is 0.892. The van der Waals surface area contributed by atoms with Gasteiger partial charge in [0.15, 0.2) is 0 Å². The van der Waals surface area contributed by atoms with Crippen molar-refractivity contribution in [3.8, 4) is 0 Å². The molecule has 1 aromatic carbocycles. The summed E-state index contributed by atoms with van der Waals surface area (Å²) in [6, 6.07) is 9.11. The number of hydrogen-bond acceptors (Lipinski definition) is 3. The third-order valence-corrected chi connectivity index (χ3v) is 5.72. The molecule has 2 heterocycles. The number of nitrogens with one attached hydrogen (secondary N) is 1. The number of hydrogen-bond donors (Lipinski definition) is 1. The number of carbonyl (C=O) groups excluding carboxylic acids is 1. The van der Waals surface area contributed by atoms with Gasteiger partial charge in [0.05, 0.1) is 0 Å². The summed E-state index contributed by atoms with van der Waals surface area (Å²) >= 11 is 0. The molecule has 3 rings (SSSR count). The number of nitrogens with zero attached hydrogens (tertiary/aromatic N) is 2. The Kier molecular flexibility index (Phi) is 6.13.